The number of hydrogen-bond donors (Lipinski definition) is 1. The third-order valence-corrected chi connectivity index (χ3v) is 5.64. The normalized spacial score (nSPS) is 18.4. The van der Waals surface area contributed by atoms with Gasteiger partial charge in [-0.3, -0.25) is 4.79 Å². The molecule has 1 N–H and O–H groups in total. The highest BCUT2D eigenvalue weighted by molar-refractivity contribution is 6.42. The van der Waals surface area contributed by atoms with Crippen LogP contribution in [0.3, 0.4) is 0 Å². The standard InChI is InChI=1S/C22H17Cl2NO/c23-19-11-10-15(12-20(19)24)18-13-21(17-9-5-4-8-16(17)18)25-22(26)14-6-2-1-3-7-14/h1-12,18,21H,13H2,(H,25,26)/t18-,21-/m0/s1. The van der Waals surface area contributed by atoms with E-state index >= 15 is 0 Å². The maximum absolute atomic E-state index is 12.6. The second kappa shape index (κ2) is 7.14. The maximum Gasteiger partial charge on any atom is 0.251 e. The highest BCUT2D eigenvalue weighted by Crippen LogP contribution is 2.44. The van der Waals surface area contributed by atoms with E-state index in [1.807, 2.05) is 60.7 Å². The topological polar surface area (TPSA) is 29.1 Å². The number of halogens is 2. The Hall–Kier alpha value is -2.29. The minimum absolute atomic E-state index is 0.0293. The SMILES string of the molecule is O=C(N[C@H]1C[C@@H](c2ccc(Cl)c(Cl)c2)c2ccccc21)c1ccccc1. The smallest absolute Gasteiger partial charge is 0.251 e. The van der Waals surface area contributed by atoms with Gasteiger partial charge in [0.15, 0.2) is 0 Å². The summed E-state index contributed by atoms with van der Waals surface area (Å²) in [7, 11) is 0. The molecule has 0 saturated carbocycles. The van der Waals surface area contributed by atoms with Crippen molar-refractivity contribution in [2.24, 2.45) is 0 Å². The van der Waals surface area contributed by atoms with E-state index in [1.165, 1.54) is 5.56 Å². The molecule has 2 atom stereocenters. The average Bonchev–Trinajstić information content (AvgIpc) is 3.03. The molecule has 3 aromatic rings. The Morgan fingerprint density at radius 1 is 0.846 bits per heavy atom. The fraction of sp³-hybridized carbons (Fsp3) is 0.136. The molecule has 4 heteroatoms. The fourth-order valence-corrected chi connectivity index (χ4v) is 3.95. The van der Waals surface area contributed by atoms with E-state index in [1.54, 1.807) is 0 Å². The van der Waals surface area contributed by atoms with Crippen molar-refractivity contribution in [2.75, 3.05) is 0 Å². The van der Waals surface area contributed by atoms with Crippen LogP contribution in [0.5, 0.6) is 0 Å². The van der Waals surface area contributed by atoms with Crippen LogP contribution in [0.2, 0.25) is 10.0 Å². The number of carbonyl (C=O) groups excluding carboxylic acids is 1. The van der Waals surface area contributed by atoms with Crippen molar-refractivity contribution >= 4 is 29.1 Å². The van der Waals surface area contributed by atoms with E-state index in [9.17, 15) is 4.79 Å². The van der Waals surface area contributed by atoms with E-state index in [-0.39, 0.29) is 17.9 Å². The molecule has 26 heavy (non-hydrogen) atoms. The lowest BCUT2D eigenvalue weighted by Crippen LogP contribution is -2.27. The molecule has 0 heterocycles. The predicted octanol–water partition coefficient (Wildman–Crippen LogP) is 6.00. The largest absolute Gasteiger partial charge is 0.345 e. The van der Waals surface area contributed by atoms with Gasteiger partial charge in [-0.15, -0.1) is 0 Å². The number of benzene rings is 3. The van der Waals surface area contributed by atoms with Crippen molar-refractivity contribution in [2.45, 2.75) is 18.4 Å². The van der Waals surface area contributed by atoms with Crippen molar-refractivity contribution in [1.82, 2.24) is 5.32 Å². The van der Waals surface area contributed by atoms with Crippen molar-refractivity contribution in [3.8, 4) is 0 Å². The van der Waals surface area contributed by atoms with Gasteiger partial charge in [-0.05, 0) is 47.4 Å². The van der Waals surface area contributed by atoms with Gasteiger partial charge in [-0.1, -0.05) is 71.7 Å². The van der Waals surface area contributed by atoms with Crippen LogP contribution in [0.4, 0.5) is 0 Å². The van der Waals surface area contributed by atoms with Crippen LogP contribution in [0.15, 0.2) is 72.8 Å². The van der Waals surface area contributed by atoms with Crippen LogP contribution in [0.1, 0.15) is 45.4 Å². The second-order valence-corrected chi connectivity index (χ2v) is 7.30. The van der Waals surface area contributed by atoms with Crippen LogP contribution < -0.4 is 5.32 Å². The molecule has 4 rings (SSSR count). The summed E-state index contributed by atoms with van der Waals surface area (Å²) >= 11 is 12.3. The lowest BCUT2D eigenvalue weighted by Gasteiger charge is -2.15. The van der Waals surface area contributed by atoms with E-state index in [0.29, 0.717) is 15.6 Å². The molecule has 0 saturated heterocycles. The van der Waals surface area contributed by atoms with Gasteiger partial charge in [-0.2, -0.15) is 0 Å². The van der Waals surface area contributed by atoms with Crippen LogP contribution in [0, 0.1) is 0 Å². The number of carbonyl (C=O) groups is 1. The van der Waals surface area contributed by atoms with Crippen LogP contribution in [-0.2, 0) is 0 Å². The lowest BCUT2D eigenvalue weighted by molar-refractivity contribution is 0.0936. The molecular formula is C22H17Cl2NO. The minimum Gasteiger partial charge on any atom is -0.345 e. The zero-order valence-corrected chi connectivity index (χ0v) is 15.5. The number of rotatable bonds is 3. The summed E-state index contributed by atoms with van der Waals surface area (Å²) < 4.78 is 0. The molecule has 0 radical (unpaired) electrons. The summed E-state index contributed by atoms with van der Waals surface area (Å²) in [5, 5.41) is 4.28. The first-order valence-corrected chi connectivity index (χ1v) is 9.29. The third kappa shape index (κ3) is 3.23. The zero-order chi connectivity index (χ0) is 18.1. The number of hydrogen-bond acceptors (Lipinski definition) is 1. The molecule has 3 aromatic carbocycles. The number of nitrogens with one attached hydrogen (secondary N) is 1. The maximum atomic E-state index is 12.6. The van der Waals surface area contributed by atoms with Gasteiger partial charge in [0.05, 0.1) is 16.1 Å². The monoisotopic (exact) mass is 381 g/mol. The summed E-state index contributed by atoms with van der Waals surface area (Å²) in [5.41, 5.74) is 4.17. The first-order chi connectivity index (χ1) is 12.6. The first kappa shape index (κ1) is 17.1. The van der Waals surface area contributed by atoms with E-state index < -0.39 is 0 Å². The molecule has 130 valence electrons. The van der Waals surface area contributed by atoms with Gasteiger partial charge in [0.2, 0.25) is 0 Å². The Bertz CT molecular complexity index is 955. The Morgan fingerprint density at radius 3 is 2.27 bits per heavy atom. The van der Waals surface area contributed by atoms with Gasteiger partial charge >= 0.3 is 0 Å². The molecule has 0 fully saturated rings. The lowest BCUT2D eigenvalue weighted by atomic mass is 9.93. The van der Waals surface area contributed by atoms with Gasteiger partial charge in [0, 0.05) is 11.5 Å². The Morgan fingerprint density at radius 2 is 1.54 bits per heavy atom. The van der Waals surface area contributed by atoms with E-state index in [0.717, 1.165) is 17.5 Å². The Kier molecular flexibility index (Phi) is 4.71. The molecular weight excluding hydrogens is 365 g/mol. The summed E-state index contributed by atoms with van der Waals surface area (Å²) in [5.74, 6) is 0.127. The molecule has 1 aliphatic carbocycles. The Balaban J connectivity index is 1.64. The van der Waals surface area contributed by atoms with Crippen molar-refractivity contribution in [3.05, 3.63) is 105 Å². The molecule has 0 aliphatic heterocycles. The molecule has 0 unspecified atom stereocenters. The molecule has 2 nitrogen and oxygen atoms in total. The van der Waals surface area contributed by atoms with Crippen LogP contribution >= 0.6 is 23.2 Å². The highest BCUT2D eigenvalue weighted by Gasteiger charge is 2.32. The Labute approximate surface area is 162 Å². The number of amides is 1. The molecule has 1 aliphatic rings. The van der Waals surface area contributed by atoms with Crippen molar-refractivity contribution in [1.29, 1.82) is 0 Å². The zero-order valence-electron chi connectivity index (χ0n) is 14.0. The number of fused-ring (bicyclic) bond motifs is 1. The van der Waals surface area contributed by atoms with Gasteiger partial charge in [0.1, 0.15) is 0 Å². The molecule has 1 amide bonds. The van der Waals surface area contributed by atoms with E-state index in [4.69, 9.17) is 23.2 Å². The van der Waals surface area contributed by atoms with Crippen LogP contribution in [0.25, 0.3) is 0 Å². The predicted molar refractivity (Wildman–Crippen MR) is 106 cm³/mol. The summed E-state index contributed by atoms with van der Waals surface area (Å²) in [6.07, 6.45) is 0.801. The molecule has 0 aromatic heterocycles. The second-order valence-electron chi connectivity index (χ2n) is 6.48. The molecule has 0 bridgehead atoms. The third-order valence-electron chi connectivity index (χ3n) is 4.91. The molecule has 0 spiro atoms. The van der Waals surface area contributed by atoms with Crippen molar-refractivity contribution in [3.63, 3.8) is 0 Å². The quantitative estimate of drug-likeness (QED) is 0.591. The highest BCUT2D eigenvalue weighted by atomic mass is 35.5. The summed E-state index contributed by atoms with van der Waals surface area (Å²) in [4.78, 5) is 12.6. The van der Waals surface area contributed by atoms with Crippen LogP contribution in [-0.4, -0.2) is 5.91 Å². The minimum atomic E-state index is -0.0554. The van der Waals surface area contributed by atoms with E-state index in [2.05, 4.69) is 17.4 Å². The summed E-state index contributed by atoms with van der Waals surface area (Å²) in [6.45, 7) is 0. The average molecular weight is 382 g/mol. The fourth-order valence-electron chi connectivity index (χ4n) is 3.65. The van der Waals surface area contributed by atoms with Gasteiger partial charge in [0.25, 0.3) is 5.91 Å². The van der Waals surface area contributed by atoms with Gasteiger partial charge < -0.3 is 5.32 Å². The van der Waals surface area contributed by atoms with Crippen molar-refractivity contribution < 1.29 is 4.79 Å². The first-order valence-electron chi connectivity index (χ1n) is 8.53. The van der Waals surface area contributed by atoms with Gasteiger partial charge in [-0.25, -0.2) is 0 Å². The summed E-state index contributed by atoms with van der Waals surface area (Å²) in [6, 6.07) is 23.3.